The number of aliphatic imine (C=N–C) groups is 1. The number of nitrogen functional groups attached to an aromatic ring is 1. The van der Waals surface area contributed by atoms with E-state index in [0.29, 0.717) is 11.7 Å². The van der Waals surface area contributed by atoms with Crippen LogP contribution in [0.3, 0.4) is 0 Å². The Morgan fingerprint density at radius 2 is 2.20 bits per heavy atom. The molecule has 25 heavy (non-hydrogen) atoms. The topological polar surface area (TPSA) is 115 Å². The summed E-state index contributed by atoms with van der Waals surface area (Å²) < 4.78 is 0.924. The Labute approximate surface area is 152 Å². The highest BCUT2D eigenvalue weighted by atomic mass is 35.5. The van der Waals surface area contributed by atoms with Crippen molar-refractivity contribution in [2.75, 3.05) is 5.73 Å². The summed E-state index contributed by atoms with van der Waals surface area (Å²) in [7, 11) is 0. The van der Waals surface area contributed by atoms with E-state index in [4.69, 9.17) is 17.3 Å². The second-order valence-electron chi connectivity index (χ2n) is 4.69. The first-order valence-corrected chi connectivity index (χ1v) is 8.29. The van der Waals surface area contributed by atoms with Gasteiger partial charge in [0, 0.05) is 12.4 Å². The number of aromatic nitrogens is 3. The molecule has 2 aromatic heterocycles. The molecular weight excluding hydrogens is 364 g/mol. The molecule has 0 saturated carbocycles. The van der Waals surface area contributed by atoms with E-state index < -0.39 is 11.5 Å². The SMILES string of the molecule is C=CSC(=NCc1ccncc1)NC(=O)Cn1ncc(N)c(Cl)c1=O. The van der Waals surface area contributed by atoms with Gasteiger partial charge in [-0.05, 0) is 23.1 Å². The lowest BCUT2D eigenvalue weighted by atomic mass is 10.3. The molecule has 0 bridgehead atoms. The number of amides is 1. The third kappa shape index (κ3) is 5.44. The summed E-state index contributed by atoms with van der Waals surface area (Å²) in [4.78, 5) is 32.3. The molecule has 1 amide bonds. The van der Waals surface area contributed by atoms with Crippen LogP contribution < -0.4 is 16.6 Å². The lowest BCUT2D eigenvalue weighted by Crippen LogP contribution is -2.36. The van der Waals surface area contributed by atoms with Gasteiger partial charge in [0.1, 0.15) is 11.6 Å². The number of hydrogen-bond acceptors (Lipinski definition) is 7. The van der Waals surface area contributed by atoms with Gasteiger partial charge < -0.3 is 11.1 Å². The minimum atomic E-state index is -0.636. The van der Waals surface area contributed by atoms with E-state index in [-0.39, 0.29) is 17.3 Å². The molecule has 10 heteroatoms. The fourth-order valence-corrected chi connectivity index (χ4v) is 2.34. The molecule has 0 spiro atoms. The number of pyridine rings is 1. The average molecular weight is 379 g/mol. The zero-order valence-corrected chi connectivity index (χ0v) is 14.6. The molecular formula is C15H15ClN6O2S. The largest absolute Gasteiger partial charge is 0.396 e. The Bertz CT molecular complexity index is 853. The van der Waals surface area contributed by atoms with Crippen LogP contribution in [-0.2, 0) is 17.9 Å². The highest BCUT2D eigenvalue weighted by Crippen LogP contribution is 2.10. The quantitative estimate of drug-likeness (QED) is 0.600. The van der Waals surface area contributed by atoms with Crippen molar-refractivity contribution in [3.63, 3.8) is 0 Å². The van der Waals surface area contributed by atoms with E-state index in [9.17, 15) is 9.59 Å². The van der Waals surface area contributed by atoms with Crippen LogP contribution in [-0.4, -0.2) is 25.8 Å². The number of rotatable bonds is 5. The van der Waals surface area contributed by atoms with Gasteiger partial charge in [0.15, 0.2) is 5.17 Å². The summed E-state index contributed by atoms with van der Waals surface area (Å²) in [6, 6.07) is 3.64. The molecule has 0 aliphatic carbocycles. The lowest BCUT2D eigenvalue weighted by Gasteiger charge is -2.08. The second kappa shape index (κ2) is 9.00. The van der Waals surface area contributed by atoms with E-state index in [0.717, 1.165) is 22.0 Å². The van der Waals surface area contributed by atoms with Crippen molar-refractivity contribution in [2.24, 2.45) is 4.99 Å². The van der Waals surface area contributed by atoms with Gasteiger partial charge in [-0.25, -0.2) is 4.68 Å². The fraction of sp³-hybridized carbons (Fsp3) is 0.133. The van der Waals surface area contributed by atoms with Crippen LogP contribution in [0.15, 0.2) is 52.5 Å². The summed E-state index contributed by atoms with van der Waals surface area (Å²) in [5, 5.41) is 8.12. The van der Waals surface area contributed by atoms with E-state index in [1.54, 1.807) is 12.4 Å². The number of thioether (sulfide) groups is 1. The van der Waals surface area contributed by atoms with Crippen molar-refractivity contribution in [1.82, 2.24) is 20.1 Å². The molecule has 2 rings (SSSR count). The van der Waals surface area contributed by atoms with Crippen LogP contribution in [0.4, 0.5) is 5.69 Å². The van der Waals surface area contributed by atoms with E-state index in [1.807, 2.05) is 12.1 Å². The van der Waals surface area contributed by atoms with Crippen LogP contribution in [0.1, 0.15) is 5.56 Å². The molecule has 0 aromatic carbocycles. The standard InChI is InChI=1S/C15H15ClN6O2S/c1-2-25-15(19-7-10-3-5-18-6-4-10)21-12(23)9-22-14(24)13(16)11(17)8-20-22/h2-6,8H,1,7,9,17H2,(H,19,21,23). The molecule has 0 unspecified atom stereocenters. The minimum Gasteiger partial charge on any atom is -0.396 e. The molecule has 8 nitrogen and oxygen atoms in total. The van der Waals surface area contributed by atoms with Crippen LogP contribution in [0.5, 0.6) is 0 Å². The molecule has 0 aliphatic rings. The summed E-state index contributed by atoms with van der Waals surface area (Å²) >= 11 is 6.92. The zero-order valence-electron chi connectivity index (χ0n) is 13.1. The van der Waals surface area contributed by atoms with Crippen LogP contribution >= 0.6 is 23.4 Å². The smallest absolute Gasteiger partial charge is 0.288 e. The van der Waals surface area contributed by atoms with Gasteiger partial charge in [0.25, 0.3) is 5.56 Å². The third-order valence-corrected chi connectivity index (χ3v) is 3.90. The molecule has 0 aliphatic heterocycles. The number of amidine groups is 1. The molecule has 0 radical (unpaired) electrons. The fourth-order valence-electron chi connectivity index (χ4n) is 1.72. The van der Waals surface area contributed by atoms with Gasteiger partial charge in [-0.2, -0.15) is 5.10 Å². The Balaban J connectivity index is 2.06. The van der Waals surface area contributed by atoms with Crippen LogP contribution in [0.2, 0.25) is 5.02 Å². The van der Waals surface area contributed by atoms with Gasteiger partial charge in [-0.1, -0.05) is 29.9 Å². The predicted octanol–water partition coefficient (Wildman–Crippen LogP) is 1.42. The second-order valence-corrected chi connectivity index (χ2v) is 6.02. The number of hydrogen-bond donors (Lipinski definition) is 2. The van der Waals surface area contributed by atoms with Crippen molar-refractivity contribution in [3.05, 3.63) is 63.7 Å². The van der Waals surface area contributed by atoms with E-state index in [1.165, 1.54) is 11.6 Å². The normalized spacial score (nSPS) is 11.2. The summed E-state index contributed by atoms with van der Waals surface area (Å²) in [6.07, 6.45) is 4.54. The Morgan fingerprint density at radius 1 is 1.48 bits per heavy atom. The molecule has 2 heterocycles. The first-order valence-electron chi connectivity index (χ1n) is 7.03. The number of nitrogens with two attached hydrogens (primary N) is 1. The number of anilines is 1. The molecule has 130 valence electrons. The van der Waals surface area contributed by atoms with Crippen molar-refractivity contribution < 1.29 is 4.79 Å². The first-order chi connectivity index (χ1) is 12.0. The molecule has 2 aromatic rings. The summed E-state index contributed by atoms with van der Waals surface area (Å²) in [6.45, 7) is 3.66. The Hall–Kier alpha value is -2.65. The number of carbonyl (C=O) groups is 1. The van der Waals surface area contributed by atoms with Crippen molar-refractivity contribution in [1.29, 1.82) is 0 Å². The Kier molecular flexibility index (Phi) is 6.72. The van der Waals surface area contributed by atoms with Crippen molar-refractivity contribution in [3.8, 4) is 0 Å². The third-order valence-electron chi connectivity index (χ3n) is 2.90. The minimum absolute atomic E-state index is 0.0603. The van der Waals surface area contributed by atoms with Crippen molar-refractivity contribution in [2.45, 2.75) is 13.1 Å². The van der Waals surface area contributed by atoms with Crippen molar-refractivity contribution >= 4 is 40.1 Å². The number of nitrogens with zero attached hydrogens (tertiary/aromatic N) is 4. The van der Waals surface area contributed by atoms with Gasteiger partial charge in [0.2, 0.25) is 5.91 Å². The number of carbonyl (C=O) groups excluding carboxylic acids is 1. The Morgan fingerprint density at radius 3 is 2.88 bits per heavy atom. The average Bonchev–Trinajstić information content (AvgIpc) is 2.61. The number of nitrogens with one attached hydrogen (secondary N) is 1. The van der Waals surface area contributed by atoms with Gasteiger partial charge in [-0.15, -0.1) is 0 Å². The molecule has 0 atom stereocenters. The highest BCUT2D eigenvalue weighted by molar-refractivity contribution is 8.16. The van der Waals surface area contributed by atoms with E-state index in [2.05, 4.69) is 27.0 Å². The van der Waals surface area contributed by atoms with Gasteiger partial charge in [-0.3, -0.25) is 19.6 Å². The maximum absolute atomic E-state index is 12.1. The first kappa shape index (κ1) is 18.7. The predicted molar refractivity (Wildman–Crippen MR) is 99.2 cm³/mol. The maximum atomic E-state index is 12.1. The van der Waals surface area contributed by atoms with Crippen LogP contribution in [0, 0.1) is 0 Å². The van der Waals surface area contributed by atoms with Crippen LogP contribution in [0.25, 0.3) is 0 Å². The molecule has 3 N–H and O–H groups in total. The summed E-state index contributed by atoms with van der Waals surface area (Å²) in [5.41, 5.74) is 5.85. The number of halogens is 1. The van der Waals surface area contributed by atoms with E-state index >= 15 is 0 Å². The van der Waals surface area contributed by atoms with Gasteiger partial charge >= 0.3 is 0 Å². The monoisotopic (exact) mass is 378 g/mol. The summed E-state index contributed by atoms with van der Waals surface area (Å²) in [5.74, 6) is -0.474. The molecule has 0 fully saturated rings. The molecule has 0 saturated heterocycles. The van der Waals surface area contributed by atoms with Gasteiger partial charge in [0.05, 0.1) is 18.4 Å². The maximum Gasteiger partial charge on any atom is 0.288 e. The zero-order chi connectivity index (χ0) is 18.2. The highest BCUT2D eigenvalue weighted by Gasteiger charge is 2.12. The lowest BCUT2D eigenvalue weighted by molar-refractivity contribution is -0.120.